The molecule has 0 radical (unpaired) electrons. The Labute approximate surface area is 166 Å². The summed E-state index contributed by atoms with van der Waals surface area (Å²) < 4.78 is 7.56. The first-order valence-electron chi connectivity index (χ1n) is 10.4. The number of hydrogen-bond acceptors (Lipinski definition) is 4. The monoisotopic (exact) mass is 382 g/mol. The van der Waals surface area contributed by atoms with Crippen molar-refractivity contribution in [2.24, 2.45) is 0 Å². The van der Waals surface area contributed by atoms with E-state index in [0.717, 1.165) is 35.5 Å². The van der Waals surface area contributed by atoms with E-state index in [4.69, 9.17) is 4.74 Å². The lowest BCUT2D eigenvalue weighted by atomic mass is 9.97. The van der Waals surface area contributed by atoms with Gasteiger partial charge in [-0.1, -0.05) is 18.6 Å². The van der Waals surface area contributed by atoms with Crippen LogP contribution in [0.5, 0.6) is 5.75 Å². The van der Waals surface area contributed by atoms with Crippen LogP contribution in [0, 0.1) is 0 Å². The van der Waals surface area contributed by atoms with E-state index >= 15 is 0 Å². The number of benzene rings is 1. The standard InChI is InChI=1S/C22H30N4O2/c1-16-7-5-8-17(2)25(16)12-6-11-23-21(27)14-26-22-18(13-24-26)15-28-20-10-4-3-9-19(20)22/h3-4,9-10,13,16-17H,5-8,11-12,14-15H2,1-2H3,(H,23,27)/t16-,17-/m1/s1. The molecule has 3 heterocycles. The van der Waals surface area contributed by atoms with Gasteiger partial charge in [-0.05, 0) is 45.2 Å². The first-order chi connectivity index (χ1) is 13.6. The van der Waals surface area contributed by atoms with Gasteiger partial charge in [-0.2, -0.15) is 5.10 Å². The van der Waals surface area contributed by atoms with Crippen molar-refractivity contribution in [1.82, 2.24) is 20.0 Å². The average Bonchev–Trinajstić information content (AvgIpc) is 3.10. The van der Waals surface area contributed by atoms with E-state index in [1.807, 2.05) is 24.3 Å². The number of nitrogens with zero attached hydrogens (tertiary/aromatic N) is 3. The van der Waals surface area contributed by atoms with Crippen molar-refractivity contribution in [1.29, 1.82) is 0 Å². The summed E-state index contributed by atoms with van der Waals surface area (Å²) in [6.45, 7) is 7.12. The highest BCUT2D eigenvalue weighted by atomic mass is 16.5. The number of carbonyl (C=O) groups is 1. The molecule has 0 bridgehead atoms. The Balaban J connectivity index is 1.30. The zero-order valence-electron chi connectivity index (χ0n) is 16.9. The first-order valence-corrected chi connectivity index (χ1v) is 10.4. The molecule has 150 valence electrons. The fourth-order valence-electron chi connectivity index (χ4n) is 4.50. The summed E-state index contributed by atoms with van der Waals surface area (Å²) in [5, 5.41) is 7.49. The normalized spacial score (nSPS) is 21.5. The fourth-order valence-corrected chi connectivity index (χ4v) is 4.50. The number of aromatic nitrogens is 2. The number of hydrogen-bond donors (Lipinski definition) is 1. The summed E-state index contributed by atoms with van der Waals surface area (Å²) in [6, 6.07) is 9.22. The fraction of sp³-hybridized carbons (Fsp3) is 0.545. The maximum atomic E-state index is 12.5. The minimum Gasteiger partial charge on any atom is -0.488 e. The van der Waals surface area contributed by atoms with E-state index in [2.05, 4.69) is 29.2 Å². The van der Waals surface area contributed by atoms with Crippen molar-refractivity contribution >= 4 is 5.91 Å². The number of rotatable bonds is 6. The number of fused-ring (bicyclic) bond motifs is 3. The zero-order valence-corrected chi connectivity index (χ0v) is 16.9. The molecule has 2 atom stereocenters. The lowest BCUT2D eigenvalue weighted by molar-refractivity contribution is -0.121. The van der Waals surface area contributed by atoms with Crippen molar-refractivity contribution < 1.29 is 9.53 Å². The average molecular weight is 383 g/mol. The summed E-state index contributed by atoms with van der Waals surface area (Å²) in [5.74, 6) is 0.858. The van der Waals surface area contributed by atoms with Gasteiger partial charge in [0.25, 0.3) is 0 Å². The predicted molar refractivity (Wildman–Crippen MR) is 109 cm³/mol. The molecule has 28 heavy (non-hydrogen) atoms. The molecule has 4 rings (SSSR count). The predicted octanol–water partition coefficient (Wildman–Crippen LogP) is 3.21. The number of nitrogens with one attached hydrogen (secondary N) is 1. The van der Waals surface area contributed by atoms with Crippen molar-refractivity contribution in [3.8, 4) is 17.0 Å². The minimum atomic E-state index is 0.00890. The molecule has 0 saturated carbocycles. The number of piperidine rings is 1. The molecule has 1 amide bonds. The number of para-hydroxylation sites is 1. The van der Waals surface area contributed by atoms with Crippen LogP contribution < -0.4 is 10.1 Å². The van der Waals surface area contributed by atoms with Crippen molar-refractivity contribution in [2.45, 2.75) is 64.8 Å². The van der Waals surface area contributed by atoms with Gasteiger partial charge in [-0.15, -0.1) is 0 Å². The molecule has 1 saturated heterocycles. The molecule has 0 unspecified atom stereocenters. The molecule has 6 nitrogen and oxygen atoms in total. The van der Waals surface area contributed by atoms with Gasteiger partial charge in [-0.25, -0.2) is 0 Å². The van der Waals surface area contributed by atoms with E-state index in [-0.39, 0.29) is 12.5 Å². The minimum absolute atomic E-state index is 0.00890. The number of likely N-dealkylation sites (tertiary alicyclic amines) is 1. The second kappa shape index (κ2) is 8.35. The first kappa shape index (κ1) is 19.0. The molecule has 2 aliphatic heterocycles. The molecule has 0 spiro atoms. The lowest BCUT2D eigenvalue weighted by Gasteiger charge is -2.39. The maximum absolute atomic E-state index is 12.5. The number of ether oxygens (including phenoxy) is 1. The van der Waals surface area contributed by atoms with Crippen LogP contribution in [0.4, 0.5) is 0 Å². The van der Waals surface area contributed by atoms with Crippen LogP contribution >= 0.6 is 0 Å². The zero-order chi connectivity index (χ0) is 19.5. The van der Waals surface area contributed by atoms with Crippen LogP contribution in [0.1, 0.15) is 45.1 Å². The van der Waals surface area contributed by atoms with Crippen LogP contribution in [-0.2, 0) is 17.9 Å². The Hall–Kier alpha value is -2.34. The SMILES string of the molecule is C[C@@H]1CCC[C@@H](C)N1CCCNC(=O)Cn1ncc2c1-c1ccccc1OC2. The Bertz CT molecular complexity index is 822. The van der Waals surface area contributed by atoms with Gasteiger partial charge < -0.3 is 10.1 Å². The van der Waals surface area contributed by atoms with Crippen LogP contribution in [0.15, 0.2) is 30.5 Å². The molecule has 0 aliphatic carbocycles. The Morgan fingerprint density at radius 2 is 2.04 bits per heavy atom. The quantitative estimate of drug-likeness (QED) is 0.780. The summed E-state index contributed by atoms with van der Waals surface area (Å²) in [7, 11) is 0. The summed E-state index contributed by atoms with van der Waals surface area (Å²) in [4.78, 5) is 15.1. The molecule has 1 fully saturated rings. The van der Waals surface area contributed by atoms with Gasteiger partial charge >= 0.3 is 0 Å². The maximum Gasteiger partial charge on any atom is 0.241 e. The Kier molecular flexibility index (Phi) is 5.67. The van der Waals surface area contributed by atoms with E-state index in [1.165, 1.54) is 19.3 Å². The Morgan fingerprint density at radius 3 is 2.86 bits per heavy atom. The topological polar surface area (TPSA) is 59.4 Å². The second-order valence-electron chi connectivity index (χ2n) is 8.03. The largest absolute Gasteiger partial charge is 0.488 e. The van der Waals surface area contributed by atoms with Gasteiger partial charge in [0.2, 0.25) is 5.91 Å². The molecular weight excluding hydrogens is 352 g/mol. The van der Waals surface area contributed by atoms with Gasteiger partial charge in [0.1, 0.15) is 18.9 Å². The second-order valence-corrected chi connectivity index (χ2v) is 8.03. The van der Waals surface area contributed by atoms with E-state index in [9.17, 15) is 4.79 Å². The van der Waals surface area contributed by atoms with Crippen molar-refractivity contribution in [3.63, 3.8) is 0 Å². The number of carbonyl (C=O) groups excluding carboxylic acids is 1. The molecular formula is C22H30N4O2. The van der Waals surface area contributed by atoms with Gasteiger partial charge in [-0.3, -0.25) is 14.4 Å². The van der Waals surface area contributed by atoms with E-state index in [1.54, 1.807) is 10.9 Å². The van der Waals surface area contributed by atoms with Crippen LogP contribution in [-0.4, -0.2) is 45.8 Å². The van der Waals surface area contributed by atoms with E-state index < -0.39 is 0 Å². The third-order valence-electron chi connectivity index (χ3n) is 6.03. The molecule has 6 heteroatoms. The van der Waals surface area contributed by atoms with Crippen molar-refractivity contribution in [3.05, 3.63) is 36.0 Å². The third-order valence-corrected chi connectivity index (χ3v) is 6.03. The highest BCUT2D eigenvalue weighted by Crippen LogP contribution is 2.36. The lowest BCUT2D eigenvalue weighted by Crippen LogP contribution is -2.44. The molecule has 1 N–H and O–H groups in total. The van der Waals surface area contributed by atoms with E-state index in [0.29, 0.717) is 25.2 Å². The molecule has 2 aromatic rings. The smallest absolute Gasteiger partial charge is 0.241 e. The highest BCUT2D eigenvalue weighted by Gasteiger charge is 2.24. The van der Waals surface area contributed by atoms with Crippen LogP contribution in [0.2, 0.25) is 0 Å². The van der Waals surface area contributed by atoms with Crippen LogP contribution in [0.25, 0.3) is 11.3 Å². The summed E-state index contributed by atoms with van der Waals surface area (Å²) >= 11 is 0. The summed E-state index contributed by atoms with van der Waals surface area (Å²) in [5.41, 5.74) is 3.02. The molecule has 1 aromatic carbocycles. The highest BCUT2D eigenvalue weighted by molar-refractivity contribution is 5.78. The van der Waals surface area contributed by atoms with Gasteiger partial charge in [0.05, 0.1) is 11.9 Å². The van der Waals surface area contributed by atoms with Gasteiger partial charge in [0, 0.05) is 36.3 Å². The Morgan fingerprint density at radius 1 is 1.25 bits per heavy atom. The molecule has 1 aromatic heterocycles. The van der Waals surface area contributed by atoms with Crippen LogP contribution in [0.3, 0.4) is 0 Å². The molecule has 2 aliphatic rings. The number of amides is 1. The van der Waals surface area contributed by atoms with Crippen molar-refractivity contribution in [2.75, 3.05) is 13.1 Å². The van der Waals surface area contributed by atoms with Gasteiger partial charge in [0.15, 0.2) is 0 Å². The third kappa shape index (κ3) is 3.92. The summed E-state index contributed by atoms with van der Waals surface area (Å²) in [6.07, 6.45) is 6.68.